The number of fused-ring (bicyclic) bond motifs is 1. The maximum absolute atomic E-state index is 14.2. The number of carboxylic acid groups (broad SMARTS) is 1. The largest absolute Gasteiger partial charge is 0.478 e. The lowest BCUT2D eigenvalue weighted by molar-refractivity contribution is 0.0697. The number of imidazole rings is 1. The number of nitrogens with one attached hydrogen (secondary N) is 1. The molecule has 0 aliphatic heterocycles. The Morgan fingerprint density at radius 1 is 0.905 bits per heavy atom. The molecule has 6 rings (SSSR count). The van der Waals surface area contributed by atoms with Crippen LogP contribution in [-0.2, 0) is 6.54 Å². The van der Waals surface area contributed by atoms with E-state index in [0.717, 1.165) is 40.7 Å². The van der Waals surface area contributed by atoms with Gasteiger partial charge in [-0.15, -0.1) is 0 Å². The second kappa shape index (κ2) is 10.9. The maximum Gasteiger partial charge on any atom is 0.335 e. The van der Waals surface area contributed by atoms with Crippen molar-refractivity contribution in [2.24, 2.45) is 0 Å². The second-order valence-electron chi connectivity index (χ2n) is 9.46. The van der Waals surface area contributed by atoms with E-state index in [1.165, 1.54) is 0 Å². The van der Waals surface area contributed by atoms with E-state index in [1.807, 2.05) is 77.4 Å². The van der Waals surface area contributed by atoms with Crippen molar-refractivity contribution in [3.63, 3.8) is 0 Å². The van der Waals surface area contributed by atoms with Gasteiger partial charge in [0.05, 0.1) is 22.4 Å². The zero-order chi connectivity index (χ0) is 29.2. The van der Waals surface area contributed by atoms with E-state index in [1.54, 1.807) is 12.3 Å². The first kappa shape index (κ1) is 26.3. The Bertz CT molecular complexity index is 1960. The monoisotopic (exact) mass is 558 g/mol. The normalized spacial score (nSPS) is 11.0. The van der Waals surface area contributed by atoms with Crippen molar-refractivity contribution in [1.82, 2.24) is 24.8 Å². The maximum atomic E-state index is 14.2. The van der Waals surface area contributed by atoms with Crippen LogP contribution in [0.5, 0.6) is 0 Å². The number of carbonyl (C=O) groups excluding carboxylic acids is 1. The molecule has 6 aromatic rings. The van der Waals surface area contributed by atoms with Crippen molar-refractivity contribution >= 4 is 28.9 Å². The molecule has 0 fully saturated rings. The van der Waals surface area contributed by atoms with Gasteiger partial charge < -0.3 is 16.2 Å². The van der Waals surface area contributed by atoms with Crippen LogP contribution in [0.4, 0.5) is 10.2 Å². The fourth-order valence-corrected chi connectivity index (χ4v) is 4.63. The van der Waals surface area contributed by atoms with E-state index in [2.05, 4.69) is 10.3 Å². The lowest BCUT2D eigenvalue weighted by Gasteiger charge is -2.12. The van der Waals surface area contributed by atoms with Crippen molar-refractivity contribution in [2.45, 2.75) is 6.54 Å². The van der Waals surface area contributed by atoms with Gasteiger partial charge in [-0.3, -0.25) is 9.36 Å². The molecule has 4 N–H and O–H groups in total. The molecule has 0 aliphatic carbocycles. The van der Waals surface area contributed by atoms with Crippen LogP contribution in [0.2, 0.25) is 0 Å². The van der Waals surface area contributed by atoms with Gasteiger partial charge in [-0.1, -0.05) is 42.5 Å². The Kier molecular flexibility index (Phi) is 6.85. The van der Waals surface area contributed by atoms with Gasteiger partial charge in [0.25, 0.3) is 5.91 Å². The van der Waals surface area contributed by atoms with Crippen LogP contribution in [0.1, 0.15) is 26.3 Å². The molecule has 0 unspecified atom stereocenters. The van der Waals surface area contributed by atoms with Crippen LogP contribution in [-0.4, -0.2) is 36.5 Å². The number of nitrogens with zero attached hydrogens (tertiary/aromatic N) is 4. The molecule has 1 amide bonds. The number of rotatable bonds is 7. The highest BCUT2D eigenvalue weighted by molar-refractivity contribution is 5.97. The zero-order valence-corrected chi connectivity index (χ0v) is 22.0. The average Bonchev–Trinajstić information content (AvgIpc) is 3.39. The molecular formula is C32H23FN6O3. The van der Waals surface area contributed by atoms with Crippen molar-refractivity contribution < 1.29 is 19.1 Å². The molecular weight excluding hydrogens is 535 g/mol. The summed E-state index contributed by atoms with van der Waals surface area (Å²) >= 11 is 0. The van der Waals surface area contributed by atoms with E-state index >= 15 is 0 Å². The summed E-state index contributed by atoms with van der Waals surface area (Å²) in [5.41, 5.74) is 10.9. The number of nitrogen functional groups attached to an aromatic ring is 1. The molecule has 9 nitrogen and oxygen atoms in total. The third kappa shape index (κ3) is 5.04. The van der Waals surface area contributed by atoms with Crippen molar-refractivity contribution in [2.75, 3.05) is 5.73 Å². The Labute approximate surface area is 239 Å². The van der Waals surface area contributed by atoms with Crippen LogP contribution in [0.3, 0.4) is 0 Å². The number of carboxylic acids is 1. The van der Waals surface area contributed by atoms with E-state index in [9.17, 15) is 14.0 Å². The Morgan fingerprint density at radius 3 is 2.43 bits per heavy atom. The van der Waals surface area contributed by atoms with Crippen molar-refractivity contribution in [3.05, 3.63) is 126 Å². The molecule has 3 aromatic carbocycles. The first-order chi connectivity index (χ1) is 20.4. The zero-order valence-electron chi connectivity index (χ0n) is 22.0. The summed E-state index contributed by atoms with van der Waals surface area (Å²) in [7, 11) is 0. The summed E-state index contributed by atoms with van der Waals surface area (Å²) in [5, 5.41) is 11.8. The second-order valence-corrected chi connectivity index (χ2v) is 9.46. The summed E-state index contributed by atoms with van der Waals surface area (Å²) in [4.78, 5) is 37.9. The first-order valence-electron chi connectivity index (χ1n) is 12.9. The smallest absolute Gasteiger partial charge is 0.335 e. The third-order valence-corrected chi connectivity index (χ3v) is 6.76. The van der Waals surface area contributed by atoms with E-state index in [4.69, 9.17) is 20.8 Å². The Hall–Kier alpha value is -5.90. The number of aromatic nitrogens is 4. The molecule has 0 radical (unpaired) electrons. The average molecular weight is 559 g/mol. The fourth-order valence-electron chi connectivity index (χ4n) is 4.63. The predicted octanol–water partition coefficient (Wildman–Crippen LogP) is 5.50. The number of aromatic carboxylic acids is 1. The number of nitrogens with two attached hydrogens (primary N) is 1. The Morgan fingerprint density at radius 2 is 1.69 bits per heavy atom. The number of pyridine rings is 2. The van der Waals surface area contributed by atoms with Crippen LogP contribution in [0.15, 0.2) is 103 Å². The summed E-state index contributed by atoms with van der Waals surface area (Å²) in [6.45, 7) is 0.0966. The van der Waals surface area contributed by atoms with E-state index in [0.29, 0.717) is 28.4 Å². The molecule has 0 saturated carbocycles. The van der Waals surface area contributed by atoms with Gasteiger partial charge in [-0.05, 0) is 60.2 Å². The quantitative estimate of drug-likeness (QED) is 0.235. The van der Waals surface area contributed by atoms with E-state index < -0.39 is 17.7 Å². The summed E-state index contributed by atoms with van der Waals surface area (Å²) < 4.78 is 16.1. The number of hydrogen-bond acceptors (Lipinski definition) is 6. The molecule has 0 atom stereocenters. The van der Waals surface area contributed by atoms with Crippen LogP contribution < -0.4 is 11.1 Å². The molecule has 0 spiro atoms. The molecule has 0 saturated heterocycles. The van der Waals surface area contributed by atoms with Crippen LogP contribution >= 0.6 is 0 Å². The number of benzene rings is 3. The standard InChI is InChI=1S/C32H23FN6O3/c33-25-13-10-21(32(41)42)17-24(25)31(40)36-18-19-8-11-22(12-9-19)39-29(23-7-4-16-35-28(23)34)38-27-15-14-26(37-30(27)39)20-5-2-1-3-6-20/h1-17H,18H2,(H2,34,35)(H,36,40)(H,41,42). The van der Waals surface area contributed by atoms with Crippen molar-refractivity contribution in [1.29, 1.82) is 0 Å². The highest BCUT2D eigenvalue weighted by Gasteiger charge is 2.19. The van der Waals surface area contributed by atoms with Gasteiger partial charge in [0, 0.05) is 24.0 Å². The topological polar surface area (TPSA) is 136 Å². The predicted molar refractivity (Wildman–Crippen MR) is 156 cm³/mol. The number of amides is 1. The summed E-state index contributed by atoms with van der Waals surface area (Å²) in [6, 6.07) is 27.8. The molecule has 3 heterocycles. The molecule has 10 heteroatoms. The van der Waals surface area contributed by atoms with Gasteiger partial charge in [0.15, 0.2) is 11.5 Å². The van der Waals surface area contributed by atoms with Crippen LogP contribution in [0.25, 0.3) is 39.5 Å². The highest BCUT2D eigenvalue weighted by Crippen LogP contribution is 2.31. The SMILES string of the molecule is Nc1ncccc1-c1nc2ccc(-c3ccccc3)nc2n1-c1ccc(CNC(=O)c2cc(C(=O)O)ccc2F)cc1. The van der Waals surface area contributed by atoms with E-state index in [-0.39, 0.29) is 17.7 Å². The van der Waals surface area contributed by atoms with Gasteiger partial charge in [0.2, 0.25) is 0 Å². The molecule has 3 aromatic heterocycles. The first-order valence-corrected chi connectivity index (χ1v) is 12.9. The minimum absolute atomic E-state index is 0.0966. The van der Waals surface area contributed by atoms with Crippen LogP contribution in [0, 0.1) is 5.82 Å². The molecule has 0 bridgehead atoms. The minimum atomic E-state index is -1.25. The summed E-state index contributed by atoms with van der Waals surface area (Å²) in [6.07, 6.45) is 1.62. The van der Waals surface area contributed by atoms with Gasteiger partial charge in [-0.25, -0.2) is 24.1 Å². The number of anilines is 1. The van der Waals surface area contributed by atoms with Gasteiger partial charge in [-0.2, -0.15) is 0 Å². The highest BCUT2D eigenvalue weighted by atomic mass is 19.1. The van der Waals surface area contributed by atoms with Gasteiger partial charge in [0.1, 0.15) is 17.2 Å². The number of halogens is 1. The minimum Gasteiger partial charge on any atom is -0.478 e. The number of hydrogen-bond donors (Lipinski definition) is 3. The van der Waals surface area contributed by atoms with Gasteiger partial charge >= 0.3 is 5.97 Å². The molecule has 206 valence electrons. The molecule has 42 heavy (non-hydrogen) atoms. The number of carbonyl (C=O) groups is 2. The summed E-state index contributed by atoms with van der Waals surface area (Å²) in [5.74, 6) is -1.86. The third-order valence-electron chi connectivity index (χ3n) is 6.76. The lowest BCUT2D eigenvalue weighted by Crippen LogP contribution is -2.24. The lowest BCUT2D eigenvalue weighted by atomic mass is 10.1. The molecule has 0 aliphatic rings. The fraction of sp³-hybridized carbons (Fsp3) is 0.0312. The Balaban J connectivity index is 1.35. The van der Waals surface area contributed by atoms with Crippen molar-refractivity contribution in [3.8, 4) is 28.3 Å².